The Morgan fingerprint density at radius 3 is 2.16 bits per heavy atom. The molecule has 8 heteroatoms. The number of nitrogens with one attached hydrogen (secondary N) is 1. The molecular weight excluding hydrogens is 459 g/mol. The van der Waals surface area contributed by atoms with E-state index in [1.807, 2.05) is 20.8 Å². The summed E-state index contributed by atoms with van der Waals surface area (Å²) in [7, 11) is 0. The predicted octanol–water partition coefficient (Wildman–Crippen LogP) is 5.75. The molecule has 0 bridgehead atoms. The van der Waals surface area contributed by atoms with Crippen LogP contribution in [0.4, 0.5) is 0 Å². The molecule has 2 aromatic rings. The van der Waals surface area contributed by atoms with E-state index in [2.05, 4.69) is 5.32 Å². The molecule has 2 atom stereocenters. The Morgan fingerprint density at radius 2 is 1.61 bits per heavy atom. The van der Waals surface area contributed by atoms with Gasteiger partial charge in [0, 0.05) is 33.2 Å². The van der Waals surface area contributed by atoms with Gasteiger partial charge in [-0.05, 0) is 56.2 Å². The first kappa shape index (κ1) is 25.3. The molecule has 0 radical (unpaired) electrons. The van der Waals surface area contributed by atoms with Crippen LogP contribution in [0.2, 0.25) is 15.1 Å². The van der Waals surface area contributed by atoms with Crippen LogP contribution in [0.1, 0.15) is 39.2 Å². The summed E-state index contributed by atoms with van der Waals surface area (Å²) in [6, 6.07) is 11.2. The summed E-state index contributed by atoms with van der Waals surface area (Å²) in [6.45, 7) is 5.61. The van der Waals surface area contributed by atoms with Gasteiger partial charge in [-0.25, -0.2) is 0 Å². The van der Waals surface area contributed by atoms with Gasteiger partial charge in [-0.1, -0.05) is 54.7 Å². The Kier molecular flexibility index (Phi) is 9.94. The lowest BCUT2D eigenvalue weighted by Gasteiger charge is -2.31. The second kappa shape index (κ2) is 12.2. The summed E-state index contributed by atoms with van der Waals surface area (Å²) in [4.78, 5) is 27.6. The smallest absolute Gasteiger partial charge is 0.261 e. The zero-order chi connectivity index (χ0) is 23.0. The Labute approximate surface area is 198 Å². The highest BCUT2D eigenvalue weighted by Crippen LogP contribution is 2.27. The van der Waals surface area contributed by atoms with Gasteiger partial charge in [-0.2, -0.15) is 0 Å². The molecule has 1 N–H and O–H groups in total. The maximum atomic E-state index is 13.2. The number of hydrogen-bond acceptors (Lipinski definition) is 3. The molecule has 5 nitrogen and oxygen atoms in total. The first-order chi connectivity index (χ1) is 14.8. The second-order valence-electron chi connectivity index (χ2n) is 7.21. The number of amides is 2. The molecule has 0 aliphatic carbocycles. The van der Waals surface area contributed by atoms with Crippen LogP contribution in [0.15, 0.2) is 42.5 Å². The first-order valence-electron chi connectivity index (χ1n) is 10.2. The number of carbonyl (C=O) groups is 2. The normalized spacial score (nSPS) is 12.7. The molecule has 2 amide bonds. The first-order valence-corrected chi connectivity index (χ1v) is 11.3. The number of hydrogen-bond donors (Lipinski definition) is 1. The lowest BCUT2D eigenvalue weighted by molar-refractivity contribution is -0.143. The molecule has 0 aromatic heterocycles. The molecule has 0 heterocycles. The number of halogens is 3. The molecule has 0 saturated carbocycles. The van der Waals surface area contributed by atoms with E-state index in [0.717, 1.165) is 6.42 Å². The van der Waals surface area contributed by atoms with Crippen LogP contribution in [0, 0.1) is 0 Å². The van der Waals surface area contributed by atoms with Crippen molar-refractivity contribution in [2.45, 2.75) is 52.2 Å². The van der Waals surface area contributed by atoms with Crippen LogP contribution in [-0.4, -0.2) is 35.4 Å². The maximum Gasteiger partial charge on any atom is 0.261 e. The van der Waals surface area contributed by atoms with Crippen molar-refractivity contribution < 1.29 is 14.3 Å². The van der Waals surface area contributed by atoms with Gasteiger partial charge in [0.1, 0.15) is 11.8 Å². The van der Waals surface area contributed by atoms with Crippen molar-refractivity contribution in [3.63, 3.8) is 0 Å². The Morgan fingerprint density at radius 1 is 1.00 bits per heavy atom. The number of ether oxygens (including phenoxy) is 1. The Bertz CT molecular complexity index is 870. The molecule has 2 aromatic carbocycles. The minimum Gasteiger partial charge on any atom is -0.484 e. The third-order valence-electron chi connectivity index (χ3n) is 4.95. The number of carbonyl (C=O) groups excluding carboxylic acids is 2. The lowest BCUT2D eigenvalue weighted by atomic mass is 10.1. The fraction of sp³-hybridized carbons (Fsp3) is 0.391. The standard InChI is InChI=1S/C23H27Cl3N2O3/c1-4-15(3)27-23(30)21(5-2)28(13-18-19(25)7-6-8-20(18)26)22(29)14-31-17-11-9-16(24)10-12-17/h6-12,15,21H,4-5,13-14H2,1-3H3,(H,27,30)/t15-,21+/m1/s1. The van der Waals surface area contributed by atoms with Crippen molar-refractivity contribution in [1.82, 2.24) is 10.2 Å². The van der Waals surface area contributed by atoms with Gasteiger partial charge in [0.05, 0.1) is 0 Å². The average molecular weight is 486 g/mol. The van der Waals surface area contributed by atoms with Crippen molar-refractivity contribution in [3.05, 3.63) is 63.1 Å². The summed E-state index contributed by atoms with van der Waals surface area (Å²) in [5, 5.41) is 4.39. The molecule has 31 heavy (non-hydrogen) atoms. The number of nitrogens with zero attached hydrogens (tertiary/aromatic N) is 1. The zero-order valence-electron chi connectivity index (χ0n) is 17.8. The quantitative estimate of drug-likeness (QED) is 0.466. The average Bonchev–Trinajstić information content (AvgIpc) is 2.74. The Hall–Kier alpha value is -1.95. The van der Waals surface area contributed by atoms with E-state index in [4.69, 9.17) is 39.5 Å². The summed E-state index contributed by atoms with van der Waals surface area (Å²) >= 11 is 18.6. The molecule has 0 saturated heterocycles. The van der Waals surface area contributed by atoms with E-state index < -0.39 is 6.04 Å². The fourth-order valence-corrected chi connectivity index (χ4v) is 3.62. The van der Waals surface area contributed by atoms with E-state index in [1.165, 1.54) is 4.90 Å². The van der Waals surface area contributed by atoms with Crippen molar-refractivity contribution in [2.75, 3.05) is 6.61 Å². The largest absolute Gasteiger partial charge is 0.484 e. The van der Waals surface area contributed by atoms with Gasteiger partial charge in [0.25, 0.3) is 5.91 Å². The second-order valence-corrected chi connectivity index (χ2v) is 8.46. The minimum atomic E-state index is -0.692. The van der Waals surface area contributed by atoms with Crippen LogP contribution in [-0.2, 0) is 16.1 Å². The SMILES string of the molecule is CC[C@@H](C)NC(=O)[C@H](CC)N(Cc1c(Cl)cccc1Cl)C(=O)COc1ccc(Cl)cc1. The topological polar surface area (TPSA) is 58.6 Å². The molecular formula is C23H27Cl3N2O3. The van der Waals surface area contributed by atoms with Crippen molar-refractivity contribution >= 4 is 46.6 Å². The third-order valence-corrected chi connectivity index (χ3v) is 5.91. The maximum absolute atomic E-state index is 13.2. The zero-order valence-corrected chi connectivity index (χ0v) is 20.1. The van der Waals surface area contributed by atoms with E-state index in [0.29, 0.717) is 32.8 Å². The minimum absolute atomic E-state index is 0.00674. The number of rotatable bonds is 10. The monoisotopic (exact) mass is 484 g/mol. The van der Waals surface area contributed by atoms with Crippen LogP contribution in [0.5, 0.6) is 5.75 Å². The van der Waals surface area contributed by atoms with E-state index in [1.54, 1.807) is 42.5 Å². The molecule has 0 spiro atoms. The summed E-state index contributed by atoms with van der Waals surface area (Å²) in [6.07, 6.45) is 1.21. The molecule has 0 unspecified atom stereocenters. The van der Waals surface area contributed by atoms with Crippen LogP contribution >= 0.6 is 34.8 Å². The van der Waals surface area contributed by atoms with Gasteiger partial charge in [0.2, 0.25) is 5.91 Å². The van der Waals surface area contributed by atoms with E-state index in [9.17, 15) is 9.59 Å². The van der Waals surface area contributed by atoms with Crippen LogP contribution in [0.3, 0.4) is 0 Å². The lowest BCUT2D eigenvalue weighted by Crippen LogP contribution is -2.51. The van der Waals surface area contributed by atoms with Crippen molar-refractivity contribution in [2.24, 2.45) is 0 Å². The molecule has 0 aliphatic rings. The molecule has 2 rings (SSSR count). The highest BCUT2D eigenvalue weighted by Gasteiger charge is 2.30. The number of benzene rings is 2. The predicted molar refractivity (Wildman–Crippen MR) is 126 cm³/mol. The van der Waals surface area contributed by atoms with Gasteiger partial charge in [-0.3, -0.25) is 9.59 Å². The van der Waals surface area contributed by atoms with Crippen molar-refractivity contribution in [3.8, 4) is 5.75 Å². The van der Waals surface area contributed by atoms with Gasteiger partial charge >= 0.3 is 0 Å². The fourth-order valence-electron chi connectivity index (χ4n) is 2.97. The van der Waals surface area contributed by atoms with Gasteiger partial charge in [0.15, 0.2) is 6.61 Å². The van der Waals surface area contributed by atoms with Crippen LogP contribution < -0.4 is 10.1 Å². The van der Waals surface area contributed by atoms with Crippen LogP contribution in [0.25, 0.3) is 0 Å². The highest BCUT2D eigenvalue weighted by molar-refractivity contribution is 6.36. The Balaban J connectivity index is 2.27. The summed E-state index contributed by atoms with van der Waals surface area (Å²) in [5.41, 5.74) is 0.584. The van der Waals surface area contributed by atoms with E-state index >= 15 is 0 Å². The van der Waals surface area contributed by atoms with Gasteiger partial charge < -0.3 is 15.0 Å². The molecule has 168 valence electrons. The molecule has 0 aliphatic heterocycles. The van der Waals surface area contributed by atoms with Crippen molar-refractivity contribution in [1.29, 1.82) is 0 Å². The summed E-state index contributed by atoms with van der Waals surface area (Å²) in [5.74, 6) is -0.0671. The highest BCUT2D eigenvalue weighted by atomic mass is 35.5. The summed E-state index contributed by atoms with van der Waals surface area (Å²) < 4.78 is 5.63. The van der Waals surface area contributed by atoms with Gasteiger partial charge in [-0.15, -0.1) is 0 Å². The molecule has 0 fully saturated rings. The van der Waals surface area contributed by atoms with E-state index in [-0.39, 0.29) is 31.0 Å². The third kappa shape index (κ3) is 7.30.